The fraction of sp³-hybridized carbons (Fsp3) is 0.280. The molecule has 0 saturated carbocycles. The van der Waals surface area contributed by atoms with E-state index in [0.29, 0.717) is 27.8 Å². The Kier molecular flexibility index (Phi) is 8.70. The highest BCUT2D eigenvalue weighted by atomic mass is 35.5. The predicted octanol–water partition coefficient (Wildman–Crippen LogP) is 8.33. The zero-order valence-corrected chi connectivity index (χ0v) is 22.2. The number of anilines is 2. The van der Waals surface area contributed by atoms with Gasteiger partial charge in [-0.05, 0) is 81.6 Å². The first-order valence-electron chi connectivity index (χ1n) is 10.9. The van der Waals surface area contributed by atoms with E-state index < -0.39 is 23.4 Å². The molecule has 0 bridgehead atoms. The monoisotopic (exact) mass is 555 g/mol. The number of amides is 1. The van der Waals surface area contributed by atoms with Crippen LogP contribution in [0.2, 0.25) is 5.02 Å². The second-order valence-corrected chi connectivity index (χ2v) is 10.1. The minimum Gasteiger partial charge on any atom is -0.493 e. The second-order valence-electron chi connectivity index (χ2n) is 8.80. The van der Waals surface area contributed by atoms with Gasteiger partial charge in [-0.2, -0.15) is 13.2 Å². The fourth-order valence-corrected chi connectivity index (χ4v) is 3.88. The molecule has 37 heavy (non-hydrogen) atoms. The lowest BCUT2D eigenvalue weighted by Gasteiger charge is -2.20. The van der Waals surface area contributed by atoms with E-state index in [1.807, 2.05) is 6.92 Å². The maximum atomic E-state index is 13.2. The Morgan fingerprint density at radius 2 is 1.78 bits per heavy atom. The Morgan fingerprint density at radius 3 is 2.43 bits per heavy atom. The van der Waals surface area contributed by atoms with Crippen molar-refractivity contribution in [1.82, 2.24) is 4.98 Å². The van der Waals surface area contributed by atoms with Crippen LogP contribution in [-0.2, 0) is 10.9 Å². The van der Waals surface area contributed by atoms with Crippen LogP contribution in [0.25, 0.3) is 0 Å². The summed E-state index contributed by atoms with van der Waals surface area (Å²) in [7, 11) is 1.44. The number of aromatic nitrogens is 1. The van der Waals surface area contributed by atoms with Crippen molar-refractivity contribution in [2.75, 3.05) is 17.1 Å². The SMILES string of the molecule is COc1cc(NC(=O)OC(C)(C)C)ccc1Oc1ncc(C)cc1NSc1ccc(Cl)c(C(F)(F)F)c1. The van der Waals surface area contributed by atoms with E-state index in [4.69, 9.17) is 25.8 Å². The summed E-state index contributed by atoms with van der Waals surface area (Å²) >= 11 is 6.66. The Hall–Kier alpha value is -3.31. The number of pyridine rings is 1. The molecule has 1 heterocycles. The van der Waals surface area contributed by atoms with Crippen LogP contribution in [0.5, 0.6) is 17.4 Å². The van der Waals surface area contributed by atoms with E-state index in [1.54, 1.807) is 51.2 Å². The van der Waals surface area contributed by atoms with Crippen molar-refractivity contribution < 1.29 is 32.2 Å². The Balaban J connectivity index is 1.80. The van der Waals surface area contributed by atoms with Crippen LogP contribution >= 0.6 is 23.5 Å². The van der Waals surface area contributed by atoms with Crippen molar-refractivity contribution in [3.8, 4) is 17.4 Å². The van der Waals surface area contributed by atoms with E-state index >= 15 is 0 Å². The fourth-order valence-electron chi connectivity index (χ4n) is 2.97. The topological polar surface area (TPSA) is 81.7 Å². The van der Waals surface area contributed by atoms with Crippen molar-refractivity contribution in [2.24, 2.45) is 0 Å². The first kappa shape index (κ1) is 28.3. The number of ether oxygens (including phenoxy) is 3. The van der Waals surface area contributed by atoms with Gasteiger partial charge in [0.2, 0.25) is 5.88 Å². The summed E-state index contributed by atoms with van der Waals surface area (Å²) in [6.45, 7) is 7.08. The van der Waals surface area contributed by atoms with Gasteiger partial charge in [0.15, 0.2) is 11.5 Å². The number of methoxy groups -OCH3 is 1. The molecule has 0 aliphatic rings. The number of nitrogens with zero attached hydrogens (tertiary/aromatic N) is 1. The number of carbonyl (C=O) groups excluding carboxylic acids is 1. The molecule has 0 saturated heterocycles. The van der Waals surface area contributed by atoms with E-state index in [0.717, 1.165) is 23.6 Å². The molecule has 3 rings (SSSR count). The lowest BCUT2D eigenvalue weighted by Crippen LogP contribution is -2.27. The van der Waals surface area contributed by atoms with Crippen LogP contribution in [0, 0.1) is 6.92 Å². The van der Waals surface area contributed by atoms with E-state index in [9.17, 15) is 18.0 Å². The number of aryl methyl sites for hydroxylation is 1. The molecule has 0 unspecified atom stereocenters. The van der Waals surface area contributed by atoms with Gasteiger partial charge in [0.05, 0.1) is 17.7 Å². The molecule has 2 N–H and O–H groups in total. The van der Waals surface area contributed by atoms with E-state index in [1.165, 1.54) is 19.2 Å². The quantitative estimate of drug-likeness (QED) is 0.284. The largest absolute Gasteiger partial charge is 0.493 e. The standard InChI is InChI=1S/C25H25ClF3N3O4S/c1-14-10-19(32-37-16-7-8-18(26)17(12-16)25(27,28)29)22(30-13-14)35-20-9-6-15(11-21(20)34-5)31-23(33)36-24(2,3)4/h6-13,32H,1-5H3,(H,31,33). The normalized spacial score (nSPS) is 11.6. The summed E-state index contributed by atoms with van der Waals surface area (Å²) < 4.78 is 59.2. The molecule has 2 aromatic carbocycles. The average Bonchev–Trinajstić information content (AvgIpc) is 2.78. The van der Waals surface area contributed by atoms with Gasteiger partial charge in [0.25, 0.3) is 0 Å². The van der Waals surface area contributed by atoms with Crippen molar-refractivity contribution in [3.05, 3.63) is 64.8 Å². The Morgan fingerprint density at radius 1 is 1.05 bits per heavy atom. The van der Waals surface area contributed by atoms with Crippen molar-refractivity contribution in [1.29, 1.82) is 0 Å². The first-order valence-corrected chi connectivity index (χ1v) is 12.1. The lowest BCUT2D eigenvalue weighted by atomic mass is 10.2. The molecule has 0 radical (unpaired) electrons. The smallest absolute Gasteiger partial charge is 0.417 e. The van der Waals surface area contributed by atoms with Gasteiger partial charge in [-0.25, -0.2) is 9.78 Å². The van der Waals surface area contributed by atoms with Crippen molar-refractivity contribution in [2.45, 2.75) is 44.4 Å². The molecule has 0 fully saturated rings. The number of nitrogens with one attached hydrogen (secondary N) is 2. The minimum atomic E-state index is -4.58. The van der Waals surface area contributed by atoms with Crippen LogP contribution < -0.4 is 19.5 Å². The van der Waals surface area contributed by atoms with Gasteiger partial charge in [-0.1, -0.05) is 11.6 Å². The number of hydrogen-bond acceptors (Lipinski definition) is 7. The molecular weight excluding hydrogens is 531 g/mol. The molecule has 0 aliphatic heterocycles. The number of halogens is 4. The number of rotatable bonds is 7. The molecule has 7 nitrogen and oxygen atoms in total. The molecule has 198 valence electrons. The second kappa shape index (κ2) is 11.4. The van der Waals surface area contributed by atoms with Crippen molar-refractivity contribution >= 4 is 41.0 Å². The van der Waals surface area contributed by atoms with Crippen molar-refractivity contribution in [3.63, 3.8) is 0 Å². The summed E-state index contributed by atoms with van der Waals surface area (Å²) in [6, 6.07) is 10.1. The summed E-state index contributed by atoms with van der Waals surface area (Å²) in [5.41, 5.74) is 0.0609. The van der Waals surface area contributed by atoms with E-state index in [2.05, 4.69) is 15.0 Å². The number of benzene rings is 2. The first-order chi connectivity index (χ1) is 17.2. The molecule has 1 aromatic heterocycles. The number of carbonyl (C=O) groups is 1. The highest BCUT2D eigenvalue weighted by Gasteiger charge is 2.33. The zero-order valence-electron chi connectivity index (χ0n) is 20.6. The number of hydrogen-bond donors (Lipinski definition) is 2. The van der Waals surface area contributed by atoms with Crippen LogP contribution in [0.4, 0.5) is 29.3 Å². The average molecular weight is 556 g/mol. The molecule has 3 aromatic rings. The molecule has 12 heteroatoms. The van der Waals surface area contributed by atoms with Crippen LogP contribution in [0.1, 0.15) is 31.9 Å². The molecule has 0 spiro atoms. The lowest BCUT2D eigenvalue weighted by molar-refractivity contribution is -0.137. The van der Waals surface area contributed by atoms with Gasteiger partial charge in [0, 0.05) is 22.8 Å². The summed E-state index contributed by atoms with van der Waals surface area (Å²) in [6.07, 6.45) is -3.61. The Bertz CT molecular complexity index is 1280. The molecular formula is C25H25ClF3N3O4S. The highest BCUT2D eigenvalue weighted by molar-refractivity contribution is 8.00. The maximum absolute atomic E-state index is 13.2. The summed E-state index contributed by atoms with van der Waals surface area (Å²) in [5, 5.41) is 2.24. The van der Waals surface area contributed by atoms with Gasteiger partial charge in [0.1, 0.15) is 11.3 Å². The molecule has 0 atom stereocenters. The predicted molar refractivity (Wildman–Crippen MR) is 138 cm³/mol. The third-order valence-corrected chi connectivity index (χ3v) is 5.67. The zero-order chi connectivity index (χ0) is 27.4. The molecule has 1 amide bonds. The summed E-state index contributed by atoms with van der Waals surface area (Å²) in [5.74, 6) is 0.767. The van der Waals surface area contributed by atoms with Crippen LogP contribution in [0.15, 0.2) is 53.6 Å². The van der Waals surface area contributed by atoms with Gasteiger partial charge >= 0.3 is 12.3 Å². The maximum Gasteiger partial charge on any atom is 0.417 e. The number of alkyl halides is 3. The van der Waals surface area contributed by atoms with Gasteiger partial charge in [-0.15, -0.1) is 0 Å². The summed E-state index contributed by atoms with van der Waals surface area (Å²) in [4.78, 5) is 16.7. The van der Waals surface area contributed by atoms with Crippen LogP contribution in [0.3, 0.4) is 0 Å². The van der Waals surface area contributed by atoms with Crippen LogP contribution in [-0.4, -0.2) is 23.8 Å². The van der Waals surface area contributed by atoms with Gasteiger partial charge in [-0.3, -0.25) is 5.32 Å². The van der Waals surface area contributed by atoms with E-state index in [-0.39, 0.29) is 10.9 Å². The molecule has 0 aliphatic carbocycles. The third kappa shape index (κ3) is 8.09. The van der Waals surface area contributed by atoms with Gasteiger partial charge < -0.3 is 18.9 Å². The Labute approximate surface area is 221 Å². The minimum absolute atomic E-state index is 0.161. The third-order valence-electron chi connectivity index (χ3n) is 4.53. The highest BCUT2D eigenvalue weighted by Crippen LogP contribution is 2.39.